The summed E-state index contributed by atoms with van der Waals surface area (Å²) >= 11 is 0. The van der Waals surface area contributed by atoms with Crippen molar-refractivity contribution in [3.8, 4) is 0 Å². The maximum Gasteiger partial charge on any atom is 0.344 e. The Morgan fingerprint density at radius 3 is 2.57 bits per heavy atom. The van der Waals surface area contributed by atoms with Gasteiger partial charge in [0.1, 0.15) is 5.54 Å². The Hall–Kier alpha value is -2.71. The first-order valence-electron chi connectivity index (χ1n) is 7.45. The number of urea groups is 1. The molecule has 9 heteroatoms. The first-order valence-corrected chi connectivity index (χ1v) is 7.45. The van der Waals surface area contributed by atoms with Crippen LogP contribution < -0.4 is 16.3 Å². The molecule has 1 saturated carbocycles. The van der Waals surface area contributed by atoms with Gasteiger partial charge in [-0.15, -0.1) is 0 Å². The molecule has 0 aromatic carbocycles. The van der Waals surface area contributed by atoms with Gasteiger partial charge in [0, 0.05) is 13.1 Å². The normalized spacial score (nSPS) is 19.8. The number of hydrogen-bond donors (Lipinski definition) is 2. The molecule has 23 heavy (non-hydrogen) atoms. The van der Waals surface area contributed by atoms with Crippen LogP contribution in [0.1, 0.15) is 42.6 Å². The molecule has 2 N–H and O–H groups in total. The number of hydrogen-bond acceptors (Lipinski definition) is 5. The number of carbonyl (C=O) groups excluding carboxylic acids is 3. The van der Waals surface area contributed by atoms with Crippen molar-refractivity contribution in [2.75, 3.05) is 0 Å². The zero-order chi connectivity index (χ0) is 16.6. The van der Waals surface area contributed by atoms with E-state index in [0.29, 0.717) is 17.9 Å². The zero-order valence-electron chi connectivity index (χ0n) is 12.7. The molecule has 1 aliphatic heterocycles. The van der Waals surface area contributed by atoms with E-state index in [1.54, 1.807) is 0 Å². The van der Waals surface area contributed by atoms with Crippen molar-refractivity contribution in [2.24, 2.45) is 7.05 Å². The summed E-state index contributed by atoms with van der Waals surface area (Å²) in [5.74, 6) is -1.17. The van der Waals surface area contributed by atoms with Gasteiger partial charge in [0.25, 0.3) is 17.4 Å². The van der Waals surface area contributed by atoms with Crippen LogP contribution >= 0.6 is 0 Å². The minimum atomic E-state index is -0.903. The number of aromatic nitrogens is 2. The van der Waals surface area contributed by atoms with Gasteiger partial charge >= 0.3 is 6.03 Å². The third-order valence-corrected chi connectivity index (χ3v) is 4.28. The monoisotopic (exact) mass is 319 g/mol. The smallest absolute Gasteiger partial charge is 0.322 e. The second-order valence-corrected chi connectivity index (χ2v) is 5.83. The quantitative estimate of drug-likeness (QED) is 0.725. The number of hydrazine groups is 1. The third kappa shape index (κ3) is 2.58. The molecule has 0 atom stereocenters. The molecule has 1 aromatic rings. The van der Waals surface area contributed by atoms with E-state index in [4.69, 9.17) is 0 Å². The van der Waals surface area contributed by atoms with Crippen molar-refractivity contribution < 1.29 is 14.4 Å². The Morgan fingerprint density at radius 2 is 1.91 bits per heavy atom. The zero-order valence-corrected chi connectivity index (χ0v) is 12.7. The Bertz CT molecular complexity index is 735. The van der Waals surface area contributed by atoms with Crippen molar-refractivity contribution in [3.05, 3.63) is 28.2 Å². The SMILES string of the molecule is Cn1nc(C(=O)NN2C(=O)NC3(CCCCC3)C2=O)ccc1=O. The van der Waals surface area contributed by atoms with E-state index in [0.717, 1.165) is 23.9 Å². The molecule has 0 radical (unpaired) electrons. The van der Waals surface area contributed by atoms with Gasteiger partial charge in [0.05, 0.1) is 0 Å². The van der Waals surface area contributed by atoms with Crippen LogP contribution in [-0.4, -0.2) is 38.2 Å². The van der Waals surface area contributed by atoms with Crippen LogP contribution in [0.2, 0.25) is 0 Å². The Balaban J connectivity index is 1.78. The highest BCUT2D eigenvalue weighted by atomic mass is 16.2. The van der Waals surface area contributed by atoms with Crippen LogP contribution in [-0.2, 0) is 11.8 Å². The van der Waals surface area contributed by atoms with Crippen LogP contribution in [0.15, 0.2) is 16.9 Å². The minimum absolute atomic E-state index is 0.0581. The van der Waals surface area contributed by atoms with E-state index >= 15 is 0 Å². The Morgan fingerprint density at radius 1 is 1.22 bits per heavy atom. The first kappa shape index (κ1) is 15.2. The lowest BCUT2D eigenvalue weighted by molar-refractivity contribution is -0.134. The second-order valence-electron chi connectivity index (χ2n) is 5.83. The standard InChI is InChI=1S/C14H17N5O4/c1-18-10(20)6-5-9(16-18)11(21)17-19-12(22)14(15-13(19)23)7-3-2-4-8-14/h5-6H,2-4,7-8H2,1H3,(H,15,23)(H,17,21). The van der Waals surface area contributed by atoms with E-state index < -0.39 is 23.4 Å². The maximum atomic E-state index is 12.5. The van der Waals surface area contributed by atoms with E-state index in [-0.39, 0.29) is 11.3 Å². The minimum Gasteiger partial charge on any atom is -0.322 e. The van der Waals surface area contributed by atoms with Gasteiger partial charge in [-0.2, -0.15) is 10.1 Å². The fraction of sp³-hybridized carbons (Fsp3) is 0.500. The van der Waals surface area contributed by atoms with E-state index in [1.165, 1.54) is 19.2 Å². The molecule has 9 nitrogen and oxygen atoms in total. The summed E-state index contributed by atoms with van der Waals surface area (Å²) in [5, 5.41) is 7.19. The van der Waals surface area contributed by atoms with Gasteiger partial charge in [0.2, 0.25) is 0 Å². The van der Waals surface area contributed by atoms with Crippen molar-refractivity contribution in [1.82, 2.24) is 25.5 Å². The lowest BCUT2D eigenvalue weighted by Crippen LogP contribution is -2.51. The summed E-state index contributed by atoms with van der Waals surface area (Å²) in [4.78, 5) is 48.0. The molecule has 2 heterocycles. The molecule has 122 valence electrons. The van der Waals surface area contributed by atoms with Gasteiger partial charge < -0.3 is 5.32 Å². The van der Waals surface area contributed by atoms with Crippen molar-refractivity contribution >= 4 is 17.8 Å². The lowest BCUT2D eigenvalue weighted by atomic mass is 9.82. The summed E-state index contributed by atoms with van der Waals surface area (Å²) in [6, 6.07) is 1.79. The van der Waals surface area contributed by atoms with Crippen molar-refractivity contribution in [3.63, 3.8) is 0 Å². The highest BCUT2D eigenvalue weighted by Crippen LogP contribution is 2.32. The van der Waals surface area contributed by atoms with Gasteiger partial charge in [0.15, 0.2) is 5.69 Å². The van der Waals surface area contributed by atoms with Crippen molar-refractivity contribution in [2.45, 2.75) is 37.6 Å². The van der Waals surface area contributed by atoms with Gasteiger partial charge in [-0.1, -0.05) is 19.3 Å². The van der Waals surface area contributed by atoms with E-state index in [2.05, 4.69) is 15.8 Å². The summed E-state index contributed by atoms with van der Waals surface area (Å²) < 4.78 is 1.00. The molecule has 0 unspecified atom stereocenters. The molecule has 3 rings (SSSR count). The topological polar surface area (TPSA) is 113 Å². The van der Waals surface area contributed by atoms with Crippen molar-refractivity contribution in [1.29, 1.82) is 0 Å². The molecule has 1 aromatic heterocycles. The molecule has 2 aliphatic rings. The number of rotatable bonds is 2. The number of nitrogens with one attached hydrogen (secondary N) is 2. The average Bonchev–Trinajstić information content (AvgIpc) is 2.75. The predicted octanol–water partition coefficient (Wildman–Crippen LogP) is -0.320. The second kappa shape index (κ2) is 5.49. The summed E-state index contributed by atoms with van der Waals surface area (Å²) in [5.41, 5.74) is 0.943. The molecule has 1 spiro atoms. The molecular weight excluding hydrogens is 302 g/mol. The van der Waals surface area contributed by atoms with Crippen LogP contribution in [0.3, 0.4) is 0 Å². The third-order valence-electron chi connectivity index (χ3n) is 4.28. The van der Waals surface area contributed by atoms with Crippen LogP contribution in [0.25, 0.3) is 0 Å². The summed E-state index contributed by atoms with van der Waals surface area (Å²) in [6.45, 7) is 0. The maximum absolute atomic E-state index is 12.5. The van der Waals surface area contributed by atoms with Crippen LogP contribution in [0, 0.1) is 0 Å². The molecule has 1 aliphatic carbocycles. The Kier molecular flexibility index (Phi) is 3.63. The molecule has 0 bridgehead atoms. The number of nitrogens with zero attached hydrogens (tertiary/aromatic N) is 3. The largest absolute Gasteiger partial charge is 0.344 e. The number of imide groups is 1. The van der Waals surface area contributed by atoms with E-state index in [9.17, 15) is 19.2 Å². The number of carbonyl (C=O) groups is 3. The molecular formula is C14H17N5O4. The van der Waals surface area contributed by atoms with Gasteiger partial charge in [-0.25, -0.2) is 9.48 Å². The molecule has 4 amide bonds. The first-order chi connectivity index (χ1) is 10.9. The highest BCUT2D eigenvalue weighted by molar-refractivity contribution is 6.09. The predicted molar refractivity (Wildman–Crippen MR) is 78.1 cm³/mol. The fourth-order valence-electron chi connectivity index (χ4n) is 3.00. The summed E-state index contributed by atoms with van der Waals surface area (Å²) in [6.07, 6.45) is 3.88. The lowest BCUT2D eigenvalue weighted by Gasteiger charge is -2.30. The number of amides is 4. The molecule has 1 saturated heterocycles. The van der Waals surface area contributed by atoms with Gasteiger partial charge in [-0.05, 0) is 18.9 Å². The highest BCUT2D eigenvalue weighted by Gasteiger charge is 2.52. The van der Waals surface area contributed by atoms with E-state index in [1.807, 2.05) is 0 Å². The van der Waals surface area contributed by atoms with Gasteiger partial charge in [-0.3, -0.25) is 19.8 Å². The fourth-order valence-corrected chi connectivity index (χ4v) is 3.00. The average molecular weight is 319 g/mol. The van der Waals surface area contributed by atoms with Crippen LogP contribution in [0.4, 0.5) is 4.79 Å². The molecule has 2 fully saturated rings. The summed E-state index contributed by atoms with van der Waals surface area (Å²) in [7, 11) is 1.41. The Labute approximate surface area is 131 Å². The van der Waals surface area contributed by atoms with Crippen LogP contribution in [0.5, 0.6) is 0 Å². The number of aryl methyl sites for hydroxylation is 1.